The van der Waals surface area contributed by atoms with Crippen molar-refractivity contribution in [3.8, 4) is 5.75 Å². The largest absolute Gasteiger partial charge is 0.490 e. The molecule has 1 amide bonds. The maximum absolute atomic E-state index is 11.0. The maximum Gasteiger partial charge on any atom is 0.407 e. The molecule has 2 heterocycles. The number of likely N-dealkylation sites (tertiary alicyclic amines) is 2. The van der Waals surface area contributed by atoms with Gasteiger partial charge >= 0.3 is 6.09 Å². The molecule has 0 saturated carbocycles. The summed E-state index contributed by atoms with van der Waals surface area (Å²) in [4.78, 5) is 15.0. The number of benzene rings is 1. The van der Waals surface area contributed by atoms with Crippen molar-refractivity contribution in [2.75, 3.05) is 32.7 Å². The molecule has 2 aliphatic heterocycles. The van der Waals surface area contributed by atoms with Crippen LogP contribution in [-0.2, 0) is 0 Å². The van der Waals surface area contributed by atoms with Crippen LogP contribution in [0.25, 0.3) is 0 Å². The van der Waals surface area contributed by atoms with E-state index < -0.39 is 6.09 Å². The molecular weight excluding hydrogens is 363 g/mol. The van der Waals surface area contributed by atoms with Gasteiger partial charge < -0.3 is 19.6 Å². The van der Waals surface area contributed by atoms with Gasteiger partial charge in [-0.3, -0.25) is 0 Å². The van der Waals surface area contributed by atoms with E-state index in [4.69, 9.17) is 33.0 Å². The molecule has 2 saturated heterocycles. The quantitative estimate of drug-likeness (QED) is 0.840. The van der Waals surface area contributed by atoms with Gasteiger partial charge in [-0.1, -0.05) is 23.2 Å². The SMILES string of the molecule is O=C(O)N1CCC(CN2CCC(Oc3ccc(Cl)c(Cl)c3)CC2)CC1. The summed E-state index contributed by atoms with van der Waals surface area (Å²) in [5.41, 5.74) is 0. The van der Waals surface area contributed by atoms with Crippen LogP contribution in [0.1, 0.15) is 25.7 Å². The highest BCUT2D eigenvalue weighted by Crippen LogP contribution is 2.28. The molecule has 3 rings (SSSR count). The number of carbonyl (C=O) groups is 1. The smallest absolute Gasteiger partial charge is 0.407 e. The first-order valence-corrected chi connectivity index (χ1v) is 9.59. The molecule has 1 aromatic rings. The fraction of sp³-hybridized carbons (Fsp3) is 0.611. The molecule has 1 N–H and O–H groups in total. The lowest BCUT2D eigenvalue weighted by Gasteiger charge is -2.37. The third kappa shape index (κ3) is 5.16. The van der Waals surface area contributed by atoms with Crippen LogP contribution in [0.3, 0.4) is 0 Å². The van der Waals surface area contributed by atoms with Gasteiger partial charge in [-0.15, -0.1) is 0 Å². The van der Waals surface area contributed by atoms with Crippen molar-refractivity contribution in [2.45, 2.75) is 31.8 Å². The number of rotatable bonds is 4. The molecule has 0 spiro atoms. The van der Waals surface area contributed by atoms with E-state index in [1.807, 2.05) is 6.07 Å². The summed E-state index contributed by atoms with van der Waals surface area (Å²) in [6, 6.07) is 5.39. The first-order chi connectivity index (χ1) is 12.0. The van der Waals surface area contributed by atoms with Gasteiger partial charge in [0.2, 0.25) is 0 Å². The zero-order chi connectivity index (χ0) is 17.8. The molecule has 0 aliphatic carbocycles. The Morgan fingerprint density at radius 2 is 1.76 bits per heavy atom. The lowest BCUT2D eigenvalue weighted by atomic mass is 9.95. The average Bonchev–Trinajstić information content (AvgIpc) is 2.60. The van der Waals surface area contributed by atoms with Crippen molar-refractivity contribution in [1.29, 1.82) is 0 Å². The zero-order valence-corrected chi connectivity index (χ0v) is 15.7. The standard InChI is InChI=1S/C18H24Cl2N2O3/c19-16-2-1-15(11-17(16)20)25-14-5-7-21(8-6-14)12-13-3-9-22(10-4-13)18(23)24/h1-2,11,13-14H,3-10,12H2,(H,23,24). The topological polar surface area (TPSA) is 53.0 Å². The number of hydrogen-bond acceptors (Lipinski definition) is 3. The number of hydrogen-bond donors (Lipinski definition) is 1. The predicted molar refractivity (Wildman–Crippen MR) is 98.9 cm³/mol. The Hall–Kier alpha value is -1.17. The number of amides is 1. The Morgan fingerprint density at radius 1 is 1.08 bits per heavy atom. The monoisotopic (exact) mass is 386 g/mol. The van der Waals surface area contributed by atoms with Crippen LogP contribution in [0, 0.1) is 5.92 Å². The molecule has 25 heavy (non-hydrogen) atoms. The summed E-state index contributed by atoms with van der Waals surface area (Å²) in [5, 5.41) is 10.1. The van der Waals surface area contributed by atoms with Crippen molar-refractivity contribution in [1.82, 2.24) is 9.80 Å². The first kappa shape index (κ1) is 18.6. The second-order valence-electron chi connectivity index (χ2n) is 6.91. The summed E-state index contributed by atoms with van der Waals surface area (Å²) in [6.45, 7) is 4.43. The van der Waals surface area contributed by atoms with E-state index in [2.05, 4.69) is 4.90 Å². The highest BCUT2D eigenvalue weighted by molar-refractivity contribution is 6.42. The fourth-order valence-electron chi connectivity index (χ4n) is 3.62. The second-order valence-corrected chi connectivity index (χ2v) is 7.72. The first-order valence-electron chi connectivity index (χ1n) is 8.83. The lowest BCUT2D eigenvalue weighted by molar-refractivity contribution is 0.0763. The van der Waals surface area contributed by atoms with E-state index in [-0.39, 0.29) is 6.10 Å². The predicted octanol–water partition coefficient (Wildman–Crippen LogP) is 4.23. The van der Waals surface area contributed by atoms with Gasteiger partial charge in [0, 0.05) is 38.8 Å². The number of ether oxygens (including phenoxy) is 1. The number of piperidine rings is 2. The van der Waals surface area contributed by atoms with Gasteiger partial charge in [-0.2, -0.15) is 0 Å². The number of nitrogens with zero attached hydrogens (tertiary/aromatic N) is 2. The Bertz CT molecular complexity index is 598. The van der Waals surface area contributed by atoms with Crippen LogP contribution in [0.15, 0.2) is 18.2 Å². The van der Waals surface area contributed by atoms with Gasteiger partial charge in [0.25, 0.3) is 0 Å². The van der Waals surface area contributed by atoms with Crippen LogP contribution in [0.5, 0.6) is 5.75 Å². The molecule has 5 nitrogen and oxygen atoms in total. The van der Waals surface area contributed by atoms with E-state index in [9.17, 15) is 4.79 Å². The molecule has 0 atom stereocenters. The van der Waals surface area contributed by atoms with E-state index in [1.165, 1.54) is 4.90 Å². The lowest BCUT2D eigenvalue weighted by Crippen LogP contribution is -2.44. The summed E-state index contributed by atoms with van der Waals surface area (Å²) in [6.07, 6.45) is 3.33. The molecular formula is C18H24Cl2N2O3. The van der Waals surface area contributed by atoms with Crippen LogP contribution in [0.2, 0.25) is 10.0 Å². The molecule has 2 aliphatic rings. The van der Waals surface area contributed by atoms with Crippen molar-refractivity contribution in [3.05, 3.63) is 28.2 Å². The third-order valence-electron chi connectivity index (χ3n) is 5.13. The van der Waals surface area contributed by atoms with Crippen LogP contribution < -0.4 is 4.74 Å². The van der Waals surface area contributed by atoms with Crippen molar-refractivity contribution in [3.63, 3.8) is 0 Å². The molecule has 2 fully saturated rings. The molecule has 0 unspecified atom stereocenters. The van der Waals surface area contributed by atoms with Gasteiger partial charge in [0.15, 0.2) is 0 Å². The molecule has 0 bridgehead atoms. The van der Waals surface area contributed by atoms with E-state index in [0.717, 1.165) is 51.1 Å². The highest BCUT2D eigenvalue weighted by atomic mass is 35.5. The summed E-state index contributed by atoms with van der Waals surface area (Å²) in [5.74, 6) is 1.37. The Labute approximate surface area is 158 Å². The minimum absolute atomic E-state index is 0.211. The number of halogens is 2. The zero-order valence-electron chi connectivity index (χ0n) is 14.2. The van der Waals surface area contributed by atoms with E-state index in [0.29, 0.717) is 29.1 Å². The fourth-order valence-corrected chi connectivity index (χ4v) is 3.91. The molecule has 0 radical (unpaired) electrons. The van der Waals surface area contributed by atoms with Crippen LogP contribution >= 0.6 is 23.2 Å². The van der Waals surface area contributed by atoms with Gasteiger partial charge in [-0.05, 0) is 43.7 Å². The highest BCUT2D eigenvalue weighted by Gasteiger charge is 2.26. The minimum atomic E-state index is -0.793. The van der Waals surface area contributed by atoms with Crippen molar-refractivity contribution in [2.24, 2.45) is 5.92 Å². The third-order valence-corrected chi connectivity index (χ3v) is 5.87. The maximum atomic E-state index is 11.0. The van der Waals surface area contributed by atoms with Gasteiger partial charge in [0.05, 0.1) is 10.0 Å². The Kier molecular flexibility index (Phi) is 6.31. The Balaban J connectivity index is 1.40. The molecule has 0 aromatic heterocycles. The van der Waals surface area contributed by atoms with Crippen LogP contribution in [-0.4, -0.2) is 59.8 Å². The number of carboxylic acid groups (broad SMARTS) is 1. The Morgan fingerprint density at radius 3 is 2.36 bits per heavy atom. The summed E-state index contributed by atoms with van der Waals surface area (Å²) >= 11 is 12.0. The summed E-state index contributed by atoms with van der Waals surface area (Å²) in [7, 11) is 0. The summed E-state index contributed by atoms with van der Waals surface area (Å²) < 4.78 is 6.03. The molecule has 1 aromatic carbocycles. The second kappa shape index (κ2) is 8.47. The molecule has 7 heteroatoms. The normalized spacial score (nSPS) is 20.6. The van der Waals surface area contributed by atoms with Crippen molar-refractivity contribution >= 4 is 29.3 Å². The molecule has 138 valence electrons. The van der Waals surface area contributed by atoms with Crippen LogP contribution in [0.4, 0.5) is 4.79 Å². The average molecular weight is 387 g/mol. The van der Waals surface area contributed by atoms with E-state index >= 15 is 0 Å². The van der Waals surface area contributed by atoms with Crippen molar-refractivity contribution < 1.29 is 14.6 Å². The van der Waals surface area contributed by atoms with Gasteiger partial charge in [-0.25, -0.2) is 4.79 Å². The minimum Gasteiger partial charge on any atom is -0.490 e. The van der Waals surface area contributed by atoms with Gasteiger partial charge in [0.1, 0.15) is 11.9 Å². The van der Waals surface area contributed by atoms with E-state index in [1.54, 1.807) is 12.1 Å².